The predicted octanol–water partition coefficient (Wildman–Crippen LogP) is 1.28. The Morgan fingerprint density at radius 2 is 1.69 bits per heavy atom. The second-order valence-electron chi connectivity index (χ2n) is 5.93. The lowest BCUT2D eigenvalue weighted by Crippen LogP contribution is -2.36. The number of aromatic nitrogens is 2. The van der Waals surface area contributed by atoms with Gasteiger partial charge in [-0.2, -0.15) is 12.7 Å². The van der Waals surface area contributed by atoms with E-state index < -0.39 is 10.2 Å². The average Bonchev–Trinajstić information content (AvgIpc) is 2.64. The molecule has 0 unspecified atom stereocenters. The molecule has 3 rings (SSSR count). The monoisotopic (exact) mass is 378 g/mol. The topological polar surface area (TPSA) is 99.7 Å². The first kappa shape index (κ1) is 18.4. The Balaban J connectivity index is 1.74. The average molecular weight is 378 g/mol. The van der Waals surface area contributed by atoms with E-state index in [1.165, 1.54) is 14.1 Å². The Morgan fingerprint density at radius 3 is 2.35 bits per heavy atom. The van der Waals surface area contributed by atoms with Crippen LogP contribution in [0.3, 0.4) is 0 Å². The summed E-state index contributed by atoms with van der Waals surface area (Å²) in [5.74, 6) is 0.684. The third-order valence-corrected chi connectivity index (χ3v) is 5.33. The summed E-state index contributed by atoms with van der Waals surface area (Å²) in [5, 5.41) is 11.2. The fourth-order valence-corrected chi connectivity index (χ4v) is 3.03. The van der Waals surface area contributed by atoms with E-state index in [1.54, 1.807) is 12.1 Å². The quantitative estimate of drug-likeness (QED) is 0.781. The summed E-state index contributed by atoms with van der Waals surface area (Å²) in [6, 6.07) is 11.2. The zero-order chi connectivity index (χ0) is 18.6. The summed E-state index contributed by atoms with van der Waals surface area (Å²) < 4.78 is 32.4. The van der Waals surface area contributed by atoms with E-state index in [-0.39, 0.29) is 5.82 Å². The van der Waals surface area contributed by atoms with Crippen LogP contribution in [0.1, 0.15) is 0 Å². The SMILES string of the molecule is CN(C)S(=O)(=O)Nc1ccc(Nc2ccccc2N2CCOCC2)nn1. The molecule has 0 radical (unpaired) electrons. The third-order valence-electron chi connectivity index (χ3n) is 3.90. The van der Waals surface area contributed by atoms with Crippen LogP contribution in [0.2, 0.25) is 0 Å². The van der Waals surface area contributed by atoms with E-state index in [9.17, 15) is 8.42 Å². The summed E-state index contributed by atoms with van der Waals surface area (Å²) in [7, 11) is -0.725. The highest BCUT2D eigenvalue weighted by atomic mass is 32.2. The number of hydrogen-bond acceptors (Lipinski definition) is 7. The summed E-state index contributed by atoms with van der Waals surface area (Å²) in [5.41, 5.74) is 1.97. The second-order valence-corrected chi connectivity index (χ2v) is 7.82. The molecular weight excluding hydrogens is 356 g/mol. The number of hydrogen-bond donors (Lipinski definition) is 2. The molecule has 0 amide bonds. The smallest absolute Gasteiger partial charge is 0.302 e. The molecule has 9 nitrogen and oxygen atoms in total. The van der Waals surface area contributed by atoms with Gasteiger partial charge in [-0.1, -0.05) is 12.1 Å². The van der Waals surface area contributed by atoms with Crippen LogP contribution < -0.4 is 14.9 Å². The van der Waals surface area contributed by atoms with Gasteiger partial charge in [0.15, 0.2) is 11.6 Å². The molecule has 0 saturated carbocycles. The number of nitrogens with zero attached hydrogens (tertiary/aromatic N) is 4. The third kappa shape index (κ3) is 4.40. The molecule has 2 aromatic rings. The van der Waals surface area contributed by atoms with Crippen LogP contribution >= 0.6 is 0 Å². The summed E-state index contributed by atoms with van der Waals surface area (Å²) in [6.45, 7) is 3.06. The van der Waals surface area contributed by atoms with Gasteiger partial charge in [0, 0.05) is 27.2 Å². The number of anilines is 4. The number of benzene rings is 1. The Kier molecular flexibility index (Phi) is 5.55. The lowest BCUT2D eigenvalue weighted by molar-refractivity contribution is 0.123. The van der Waals surface area contributed by atoms with E-state index in [0.717, 1.165) is 28.8 Å². The van der Waals surface area contributed by atoms with E-state index >= 15 is 0 Å². The molecule has 1 aliphatic rings. The van der Waals surface area contributed by atoms with Crippen molar-refractivity contribution in [2.24, 2.45) is 0 Å². The van der Waals surface area contributed by atoms with Crippen LogP contribution in [0, 0.1) is 0 Å². The summed E-state index contributed by atoms with van der Waals surface area (Å²) in [6.07, 6.45) is 0. The Hall–Kier alpha value is -2.43. The maximum Gasteiger partial charge on any atom is 0.302 e. The van der Waals surface area contributed by atoms with Crippen LogP contribution in [-0.4, -0.2) is 63.3 Å². The Labute approximate surface area is 153 Å². The number of nitrogens with one attached hydrogen (secondary N) is 2. The van der Waals surface area contributed by atoms with Crippen molar-refractivity contribution >= 4 is 33.2 Å². The Morgan fingerprint density at radius 1 is 1.04 bits per heavy atom. The lowest BCUT2D eigenvalue weighted by atomic mass is 10.2. The van der Waals surface area contributed by atoms with Crippen LogP contribution in [-0.2, 0) is 14.9 Å². The molecule has 0 aliphatic carbocycles. The predicted molar refractivity (Wildman–Crippen MR) is 101 cm³/mol. The zero-order valence-electron chi connectivity index (χ0n) is 14.7. The zero-order valence-corrected chi connectivity index (χ0v) is 15.5. The van der Waals surface area contributed by atoms with Crippen LogP contribution in [0.4, 0.5) is 23.0 Å². The molecule has 0 bridgehead atoms. The molecular formula is C16H22N6O3S. The molecule has 1 aliphatic heterocycles. The fourth-order valence-electron chi connectivity index (χ4n) is 2.47. The molecule has 1 saturated heterocycles. The van der Waals surface area contributed by atoms with Crippen molar-refractivity contribution in [3.8, 4) is 0 Å². The molecule has 140 valence electrons. The van der Waals surface area contributed by atoms with Crippen molar-refractivity contribution in [3.05, 3.63) is 36.4 Å². The van der Waals surface area contributed by atoms with Crippen LogP contribution in [0.25, 0.3) is 0 Å². The van der Waals surface area contributed by atoms with E-state index in [2.05, 4.69) is 25.1 Å². The molecule has 26 heavy (non-hydrogen) atoms. The molecule has 2 N–H and O–H groups in total. The molecule has 2 heterocycles. The molecule has 1 aromatic carbocycles. The van der Waals surface area contributed by atoms with Crippen LogP contribution in [0.5, 0.6) is 0 Å². The minimum atomic E-state index is -3.60. The van der Waals surface area contributed by atoms with Crippen molar-refractivity contribution < 1.29 is 13.2 Å². The van der Waals surface area contributed by atoms with Crippen LogP contribution in [0.15, 0.2) is 36.4 Å². The maximum absolute atomic E-state index is 11.8. The molecule has 0 spiro atoms. The van der Waals surface area contributed by atoms with Gasteiger partial charge in [-0.25, -0.2) is 0 Å². The normalized spacial score (nSPS) is 15.1. The van der Waals surface area contributed by atoms with Gasteiger partial charge in [0.1, 0.15) is 0 Å². The first-order chi connectivity index (χ1) is 12.5. The number of rotatable bonds is 6. The standard InChI is InChI=1S/C16H22N6O3S/c1-21(2)26(23,24)20-16-8-7-15(18-19-16)17-13-5-3-4-6-14(13)22-9-11-25-12-10-22/h3-8H,9-12H2,1-2H3,(H,17,18)(H,19,20). The van der Waals surface area contributed by atoms with Crippen molar-refractivity contribution in [3.63, 3.8) is 0 Å². The largest absolute Gasteiger partial charge is 0.378 e. The fraction of sp³-hybridized carbons (Fsp3) is 0.375. The molecule has 1 aromatic heterocycles. The highest BCUT2D eigenvalue weighted by Gasteiger charge is 2.16. The summed E-state index contributed by atoms with van der Waals surface area (Å²) >= 11 is 0. The van der Waals surface area contributed by atoms with Gasteiger partial charge in [0.2, 0.25) is 0 Å². The van der Waals surface area contributed by atoms with Gasteiger partial charge in [-0.3, -0.25) is 4.72 Å². The van der Waals surface area contributed by atoms with Gasteiger partial charge in [0.25, 0.3) is 0 Å². The van der Waals surface area contributed by atoms with E-state index in [0.29, 0.717) is 19.0 Å². The van der Waals surface area contributed by atoms with Crippen molar-refractivity contribution in [2.45, 2.75) is 0 Å². The van der Waals surface area contributed by atoms with Crippen molar-refractivity contribution in [2.75, 3.05) is 55.3 Å². The van der Waals surface area contributed by atoms with Crippen molar-refractivity contribution in [1.29, 1.82) is 0 Å². The van der Waals surface area contributed by atoms with Gasteiger partial charge in [-0.05, 0) is 24.3 Å². The van der Waals surface area contributed by atoms with Gasteiger partial charge in [0.05, 0.1) is 24.6 Å². The highest BCUT2D eigenvalue weighted by molar-refractivity contribution is 7.90. The molecule has 0 atom stereocenters. The maximum atomic E-state index is 11.8. The Bertz CT molecular complexity index is 835. The van der Waals surface area contributed by atoms with Gasteiger partial charge < -0.3 is 15.0 Å². The highest BCUT2D eigenvalue weighted by Crippen LogP contribution is 2.28. The number of para-hydroxylation sites is 2. The molecule has 1 fully saturated rings. The summed E-state index contributed by atoms with van der Waals surface area (Å²) in [4.78, 5) is 2.25. The van der Waals surface area contributed by atoms with E-state index in [1.807, 2.05) is 24.3 Å². The lowest BCUT2D eigenvalue weighted by Gasteiger charge is -2.30. The minimum Gasteiger partial charge on any atom is -0.378 e. The van der Waals surface area contributed by atoms with E-state index in [4.69, 9.17) is 4.74 Å². The first-order valence-electron chi connectivity index (χ1n) is 8.18. The minimum absolute atomic E-state index is 0.158. The van der Waals surface area contributed by atoms with Gasteiger partial charge in [-0.15, -0.1) is 10.2 Å². The second kappa shape index (κ2) is 7.85. The van der Waals surface area contributed by atoms with Gasteiger partial charge >= 0.3 is 10.2 Å². The molecule has 10 heteroatoms. The number of morpholine rings is 1. The van der Waals surface area contributed by atoms with Crippen molar-refractivity contribution in [1.82, 2.24) is 14.5 Å². The first-order valence-corrected chi connectivity index (χ1v) is 9.62. The number of ether oxygens (including phenoxy) is 1.